The van der Waals surface area contributed by atoms with Crippen LogP contribution in [0.5, 0.6) is 5.75 Å². The van der Waals surface area contributed by atoms with E-state index in [1.807, 2.05) is 13.0 Å². The Labute approximate surface area is 143 Å². The van der Waals surface area contributed by atoms with Crippen LogP contribution in [-0.4, -0.2) is 48.1 Å². The zero-order chi connectivity index (χ0) is 17.3. The Morgan fingerprint density at radius 1 is 1.33 bits per heavy atom. The van der Waals surface area contributed by atoms with Crippen molar-refractivity contribution in [2.24, 2.45) is 5.92 Å². The number of benzene rings is 1. The number of methoxy groups -OCH3 is 1. The third-order valence-corrected chi connectivity index (χ3v) is 7.27. The summed E-state index contributed by atoms with van der Waals surface area (Å²) in [5.41, 5.74) is 2.24. The fourth-order valence-corrected chi connectivity index (χ4v) is 6.03. The first kappa shape index (κ1) is 16.1. The SMILES string of the molecule is COc1ccc2c(c1C)[C@]13CCN(C)C(C2)C1(O)CCC(=O)C3C. The van der Waals surface area contributed by atoms with Crippen LogP contribution in [0, 0.1) is 12.8 Å². The molecule has 2 bridgehead atoms. The summed E-state index contributed by atoms with van der Waals surface area (Å²) in [7, 11) is 3.79. The molecule has 1 saturated heterocycles. The molecule has 0 amide bonds. The average Bonchev–Trinajstić information content (AvgIpc) is 2.55. The smallest absolute Gasteiger partial charge is 0.136 e. The largest absolute Gasteiger partial charge is 0.496 e. The lowest BCUT2D eigenvalue weighted by Gasteiger charge is -2.65. The summed E-state index contributed by atoms with van der Waals surface area (Å²) >= 11 is 0. The normalized spacial score (nSPS) is 38.5. The van der Waals surface area contributed by atoms with Crippen LogP contribution in [0.15, 0.2) is 12.1 Å². The van der Waals surface area contributed by atoms with Crippen molar-refractivity contribution in [2.75, 3.05) is 20.7 Å². The minimum absolute atomic E-state index is 0.0853. The van der Waals surface area contributed by atoms with Crippen molar-refractivity contribution in [1.29, 1.82) is 0 Å². The first-order valence-electron chi connectivity index (χ1n) is 8.99. The van der Waals surface area contributed by atoms with Crippen molar-refractivity contribution < 1.29 is 14.6 Å². The number of hydrogen-bond donors (Lipinski definition) is 1. The number of aliphatic hydroxyl groups is 1. The summed E-state index contributed by atoms with van der Waals surface area (Å²) in [6, 6.07) is 4.25. The number of ketones is 1. The van der Waals surface area contributed by atoms with E-state index in [1.54, 1.807) is 7.11 Å². The van der Waals surface area contributed by atoms with Crippen molar-refractivity contribution in [2.45, 2.75) is 56.6 Å². The van der Waals surface area contributed by atoms with Gasteiger partial charge in [0, 0.05) is 23.8 Å². The molecule has 0 spiro atoms. The number of piperidine rings is 1. The van der Waals surface area contributed by atoms with Gasteiger partial charge in [0.05, 0.1) is 12.7 Å². The quantitative estimate of drug-likeness (QED) is 0.858. The van der Waals surface area contributed by atoms with Crippen LogP contribution >= 0.6 is 0 Å². The predicted molar refractivity (Wildman–Crippen MR) is 92.5 cm³/mol. The second-order valence-corrected chi connectivity index (χ2v) is 7.96. The maximum absolute atomic E-state index is 12.7. The van der Waals surface area contributed by atoms with Crippen LogP contribution in [0.3, 0.4) is 0 Å². The summed E-state index contributed by atoms with van der Waals surface area (Å²) < 4.78 is 5.56. The van der Waals surface area contributed by atoms with Gasteiger partial charge in [0.2, 0.25) is 0 Å². The number of rotatable bonds is 1. The fourth-order valence-electron chi connectivity index (χ4n) is 6.03. The Balaban J connectivity index is 2.05. The van der Waals surface area contributed by atoms with Gasteiger partial charge >= 0.3 is 0 Å². The van der Waals surface area contributed by atoms with E-state index in [0.29, 0.717) is 12.8 Å². The Bertz CT molecular complexity index is 715. The van der Waals surface area contributed by atoms with Crippen LogP contribution in [-0.2, 0) is 16.6 Å². The number of nitrogens with zero attached hydrogens (tertiary/aromatic N) is 1. The minimum Gasteiger partial charge on any atom is -0.496 e. The third kappa shape index (κ3) is 1.68. The maximum Gasteiger partial charge on any atom is 0.136 e. The Morgan fingerprint density at radius 3 is 2.79 bits per heavy atom. The Morgan fingerprint density at radius 2 is 2.08 bits per heavy atom. The van der Waals surface area contributed by atoms with Crippen LogP contribution in [0.2, 0.25) is 0 Å². The molecular formula is C20H27NO3. The molecule has 2 aliphatic carbocycles. The molecular weight excluding hydrogens is 302 g/mol. The van der Waals surface area contributed by atoms with Crippen molar-refractivity contribution in [1.82, 2.24) is 4.90 Å². The van der Waals surface area contributed by atoms with Crippen molar-refractivity contribution in [3.8, 4) is 5.75 Å². The number of likely N-dealkylation sites (N-methyl/N-ethyl adjacent to an activating group) is 1. The highest BCUT2D eigenvalue weighted by Gasteiger charge is 2.67. The van der Waals surface area contributed by atoms with E-state index in [2.05, 4.69) is 24.9 Å². The van der Waals surface area contributed by atoms with E-state index < -0.39 is 11.0 Å². The van der Waals surface area contributed by atoms with Gasteiger partial charge in [-0.15, -0.1) is 0 Å². The highest BCUT2D eigenvalue weighted by molar-refractivity contribution is 5.85. The zero-order valence-corrected chi connectivity index (χ0v) is 15.1. The summed E-state index contributed by atoms with van der Waals surface area (Å²) in [5.74, 6) is 0.989. The molecule has 0 aromatic heterocycles. The minimum atomic E-state index is -0.836. The van der Waals surface area contributed by atoms with Gasteiger partial charge in [-0.25, -0.2) is 0 Å². The molecule has 1 aliphatic heterocycles. The van der Waals surface area contributed by atoms with Crippen LogP contribution in [0.1, 0.15) is 42.9 Å². The van der Waals surface area contributed by atoms with Crippen LogP contribution in [0.25, 0.3) is 0 Å². The predicted octanol–water partition coefficient (Wildman–Crippen LogP) is 2.23. The van der Waals surface area contributed by atoms with E-state index >= 15 is 0 Å². The van der Waals surface area contributed by atoms with Gasteiger partial charge in [0.25, 0.3) is 0 Å². The topological polar surface area (TPSA) is 49.8 Å². The second kappa shape index (κ2) is 5.06. The van der Waals surface area contributed by atoms with E-state index in [0.717, 1.165) is 30.7 Å². The molecule has 4 rings (SSSR count). The average molecular weight is 329 g/mol. The molecule has 3 unspecified atom stereocenters. The monoisotopic (exact) mass is 329 g/mol. The number of Topliss-reactive ketones (excluding diaryl/α,β-unsaturated/α-hetero) is 1. The van der Waals surface area contributed by atoms with Gasteiger partial charge in [-0.3, -0.25) is 4.79 Å². The molecule has 4 atom stereocenters. The molecule has 130 valence electrons. The molecule has 1 aromatic carbocycles. The first-order chi connectivity index (χ1) is 11.4. The molecule has 3 aliphatic rings. The van der Waals surface area contributed by atoms with Gasteiger partial charge in [-0.05, 0) is 62.5 Å². The van der Waals surface area contributed by atoms with Crippen molar-refractivity contribution >= 4 is 5.78 Å². The fraction of sp³-hybridized carbons (Fsp3) is 0.650. The number of ether oxygens (including phenoxy) is 1. The van der Waals surface area contributed by atoms with E-state index in [9.17, 15) is 9.90 Å². The zero-order valence-electron chi connectivity index (χ0n) is 15.1. The second-order valence-electron chi connectivity index (χ2n) is 7.96. The molecule has 0 radical (unpaired) electrons. The molecule has 1 aromatic rings. The van der Waals surface area contributed by atoms with Gasteiger partial charge < -0.3 is 14.7 Å². The summed E-state index contributed by atoms with van der Waals surface area (Å²) in [6.45, 7) is 5.03. The molecule has 1 heterocycles. The lowest BCUT2D eigenvalue weighted by molar-refractivity contribution is -0.183. The number of carbonyl (C=O) groups excluding carboxylic acids is 1. The number of hydrogen-bond acceptors (Lipinski definition) is 4. The summed E-state index contributed by atoms with van der Waals surface area (Å²) in [4.78, 5) is 15.0. The molecule has 24 heavy (non-hydrogen) atoms. The Kier molecular flexibility index (Phi) is 3.39. The lowest BCUT2D eigenvalue weighted by atomic mass is 9.45. The highest BCUT2D eigenvalue weighted by atomic mass is 16.5. The van der Waals surface area contributed by atoms with Gasteiger partial charge in [0.1, 0.15) is 11.5 Å². The molecule has 1 N–H and O–H groups in total. The standard InChI is InChI=1S/C20H27NO3/c1-12-16(24-4)6-5-14-11-17-20(23)8-7-15(22)13(2)19(20,18(12)14)9-10-21(17)3/h5-6,13,17,23H,7-11H2,1-4H3/t13?,17?,19-,20?/m1/s1. The first-order valence-corrected chi connectivity index (χ1v) is 8.99. The Hall–Kier alpha value is -1.39. The summed E-state index contributed by atoms with van der Waals surface area (Å²) in [6.07, 6.45) is 2.73. The number of likely N-dealkylation sites (tertiary alicyclic amines) is 1. The lowest BCUT2D eigenvalue weighted by Crippen LogP contribution is -2.75. The summed E-state index contributed by atoms with van der Waals surface area (Å²) in [5, 5.41) is 11.9. The van der Waals surface area contributed by atoms with E-state index in [1.165, 1.54) is 11.1 Å². The number of fused-ring (bicyclic) bond motifs is 1. The molecule has 2 fully saturated rings. The molecule has 4 nitrogen and oxygen atoms in total. The van der Waals surface area contributed by atoms with Crippen LogP contribution in [0.4, 0.5) is 0 Å². The molecule has 4 heteroatoms. The van der Waals surface area contributed by atoms with Gasteiger partial charge in [0.15, 0.2) is 0 Å². The van der Waals surface area contributed by atoms with Crippen LogP contribution < -0.4 is 4.74 Å². The van der Waals surface area contributed by atoms with Crippen molar-refractivity contribution in [3.63, 3.8) is 0 Å². The van der Waals surface area contributed by atoms with Crippen molar-refractivity contribution in [3.05, 3.63) is 28.8 Å². The number of carbonyl (C=O) groups is 1. The van der Waals surface area contributed by atoms with E-state index in [-0.39, 0.29) is 17.7 Å². The molecule has 1 saturated carbocycles. The maximum atomic E-state index is 12.7. The third-order valence-electron chi connectivity index (χ3n) is 7.27. The van der Waals surface area contributed by atoms with E-state index in [4.69, 9.17) is 4.74 Å². The van der Waals surface area contributed by atoms with Gasteiger partial charge in [-0.2, -0.15) is 0 Å². The highest BCUT2D eigenvalue weighted by Crippen LogP contribution is 2.60. The van der Waals surface area contributed by atoms with Gasteiger partial charge in [-0.1, -0.05) is 13.0 Å².